The molecule has 0 bridgehead atoms. The number of aliphatic carboxylic acids is 1. The number of nitrogens with two attached hydrogens (primary N) is 8. The van der Waals surface area contributed by atoms with E-state index in [-0.39, 0.29) is 140 Å². The fourth-order valence-corrected chi connectivity index (χ4v) is 13.2. The van der Waals surface area contributed by atoms with Crippen molar-refractivity contribution in [2.24, 2.45) is 62.7 Å². The van der Waals surface area contributed by atoms with E-state index in [1.807, 2.05) is 32.0 Å². The highest BCUT2D eigenvalue weighted by atomic mass is 32.2. The summed E-state index contributed by atoms with van der Waals surface area (Å²) in [6.45, 7) is 8.19. The van der Waals surface area contributed by atoms with E-state index in [0.29, 0.717) is 74.1 Å². The first kappa shape index (κ1) is 98.1. The molecule has 4 aromatic rings. The maximum Gasteiger partial charge on any atom is 0.326 e. The number of carbonyl (C=O) groups is 13. The van der Waals surface area contributed by atoms with Gasteiger partial charge in [0.2, 0.25) is 70.9 Å². The molecule has 4 rings (SSSR count). The lowest BCUT2D eigenvalue weighted by molar-refractivity contribution is -0.142. The van der Waals surface area contributed by atoms with Gasteiger partial charge < -0.3 is 119 Å². The molecule has 0 fully saturated rings. The SMILES string of the molecule is CSCC[C@H](NC(=O)[C@@H](N)CCC(N)=O)C(=O)N[C@@H](CCCCN)C(=O)N[C@@H](CC(C)C)C(=O)N[C@@H](Cc1ccccc1)C(=O)N[C@@H](CCCCN)C(=O)N[C@@H](CCCN=C(N)N)C(=O)N[C@@H](Cc1cnc[nH]1)C(=O)N[C@@H](CC(C)C)C(=O)N[C@@H](CCCCN)C(=O)N[C@@H](Cc1c[nH]c2ccccc12)C(=O)N[C@@H](CCCCN)C(=O)O. The Morgan fingerprint density at radius 2 is 0.819 bits per heavy atom. The Kier molecular flexibility index (Phi) is 45.5. The minimum absolute atomic E-state index is 0.000699. The molecule has 0 unspecified atom stereocenters. The van der Waals surface area contributed by atoms with Gasteiger partial charge in [0.05, 0.1) is 12.4 Å². The van der Waals surface area contributed by atoms with Crippen LogP contribution in [0.1, 0.15) is 167 Å². The number of aromatic nitrogens is 3. The Morgan fingerprint density at radius 3 is 1.24 bits per heavy atom. The number of amides is 12. The van der Waals surface area contributed by atoms with Crippen molar-refractivity contribution in [1.82, 2.24) is 73.4 Å². The molecule has 644 valence electrons. The van der Waals surface area contributed by atoms with Crippen LogP contribution in [0.15, 0.2) is 78.3 Å². The van der Waals surface area contributed by atoms with E-state index in [1.165, 1.54) is 24.3 Å². The van der Waals surface area contributed by atoms with Crippen LogP contribution in [0.4, 0.5) is 0 Å². The van der Waals surface area contributed by atoms with Gasteiger partial charge in [-0.05, 0) is 183 Å². The molecule has 38 heteroatoms. The minimum Gasteiger partial charge on any atom is -0.480 e. The number of para-hydroxylation sites is 1. The number of nitrogens with zero attached hydrogens (tertiary/aromatic N) is 2. The number of nitrogens with one attached hydrogen (secondary N) is 13. The number of aliphatic imine (C=N–C) groups is 1. The van der Waals surface area contributed by atoms with Crippen LogP contribution in [0.3, 0.4) is 0 Å². The van der Waals surface area contributed by atoms with Crippen molar-refractivity contribution in [3.63, 3.8) is 0 Å². The number of aromatic amines is 2. The maximum absolute atomic E-state index is 15.1. The van der Waals surface area contributed by atoms with Gasteiger partial charge in [-0.15, -0.1) is 0 Å². The zero-order chi connectivity index (χ0) is 85.7. The van der Waals surface area contributed by atoms with E-state index in [2.05, 4.69) is 78.4 Å². The summed E-state index contributed by atoms with van der Waals surface area (Å²) in [7, 11) is 0. The minimum atomic E-state index is -1.51. The Bertz CT molecular complexity index is 3770. The molecule has 0 saturated heterocycles. The Hall–Kier alpha value is -10.3. The first-order valence-corrected chi connectivity index (χ1v) is 41.3. The van der Waals surface area contributed by atoms with Crippen molar-refractivity contribution in [3.05, 3.63) is 90.1 Å². The molecule has 2 aromatic heterocycles. The van der Waals surface area contributed by atoms with Gasteiger partial charge in [0.25, 0.3) is 0 Å². The van der Waals surface area contributed by atoms with Gasteiger partial charge in [-0.1, -0.05) is 76.2 Å². The van der Waals surface area contributed by atoms with Gasteiger partial charge in [0.15, 0.2) is 5.96 Å². The lowest BCUT2D eigenvalue weighted by Gasteiger charge is -2.29. The van der Waals surface area contributed by atoms with Gasteiger partial charge in [0.1, 0.15) is 66.5 Å². The fraction of sp³-hybridized carbons (Fsp3) is 0.603. The molecule has 0 radical (unpaired) electrons. The second-order valence-electron chi connectivity index (χ2n) is 29.8. The van der Waals surface area contributed by atoms with E-state index in [4.69, 9.17) is 45.9 Å². The topological polar surface area (TPSA) is 639 Å². The molecule has 37 nitrogen and oxygen atoms in total. The number of hydrogen-bond donors (Lipinski definition) is 22. The Balaban J connectivity index is 1.69. The molecule has 116 heavy (non-hydrogen) atoms. The maximum atomic E-state index is 15.1. The third kappa shape index (κ3) is 36.7. The van der Waals surface area contributed by atoms with Crippen molar-refractivity contribution in [1.29, 1.82) is 0 Å². The van der Waals surface area contributed by atoms with E-state index in [9.17, 15) is 48.3 Å². The van der Waals surface area contributed by atoms with Crippen LogP contribution in [0.2, 0.25) is 0 Å². The smallest absolute Gasteiger partial charge is 0.326 e. The summed E-state index contributed by atoms with van der Waals surface area (Å²) in [5, 5.41) is 41.2. The van der Waals surface area contributed by atoms with Gasteiger partial charge >= 0.3 is 5.97 Å². The number of fused-ring (bicyclic) bond motifs is 1. The number of imidazole rings is 1. The van der Waals surface area contributed by atoms with Gasteiger partial charge in [-0.25, -0.2) is 9.78 Å². The van der Waals surface area contributed by atoms with Crippen molar-refractivity contribution in [2.45, 2.75) is 241 Å². The number of guanidine groups is 1. The highest BCUT2D eigenvalue weighted by Crippen LogP contribution is 2.21. The van der Waals surface area contributed by atoms with E-state index < -0.39 is 149 Å². The molecular formula is C78H127N23O14S. The third-order valence-corrected chi connectivity index (χ3v) is 19.7. The summed E-state index contributed by atoms with van der Waals surface area (Å²) >= 11 is 1.41. The van der Waals surface area contributed by atoms with Crippen LogP contribution in [0.25, 0.3) is 10.9 Å². The van der Waals surface area contributed by atoms with Crippen molar-refractivity contribution < 1.29 is 67.4 Å². The fourth-order valence-electron chi connectivity index (χ4n) is 12.8. The predicted octanol–water partition coefficient (Wildman–Crippen LogP) is -1.66. The first-order valence-electron chi connectivity index (χ1n) is 39.9. The van der Waals surface area contributed by atoms with E-state index in [0.717, 1.165) is 10.9 Å². The molecule has 2 aromatic carbocycles. The monoisotopic (exact) mass is 1640 g/mol. The second kappa shape index (κ2) is 53.8. The zero-order valence-electron chi connectivity index (χ0n) is 67.5. The number of thioether (sulfide) groups is 1. The van der Waals surface area contributed by atoms with Crippen LogP contribution in [-0.4, -0.2) is 220 Å². The van der Waals surface area contributed by atoms with Crippen molar-refractivity contribution in [3.8, 4) is 0 Å². The summed E-state index contributed by atoms with van der Waals surface area (Å²) in [6.07, 6.45) is 8.89. The molecule has 12 amide bonds. The molecule has 2 heterocycles. The average Bonchev–Trinajstić information content (AvgIpc) is 1.63. The number of carboxylic acid groups (broad SMARTS) is 1. The number of primary amides is 1. The van der Waals surface area contributed by atoms with E-state index >= 15 is 19.2 Å². The number of unbranched alkanes of at least 4 members (excludes halogenated alkanes) is 4. The molecule has 12 atom stereocenters. The summed E-state index contributed by atoms with van der Waals surface area (Å²) < 4.78 is 0. The number of benzene rings is 2. The quantitative estimate of drug-likeness (QED) is 0.0134. The van der Waals surface area contributed by atoms with Crippen molar-refractivity contribution in [2.75, 3.05) is 44.7 Å². The summed E-state index contributed by atoms with van der Waals surface area (Å²) in [6, 6.07) is -0.204. The molecule has 0 aliphatic carbocycles. The number of carboxylic acids is 1. The number of H-pyrrole nitrogens is 2. The lowest BCUT2D eigenvalue weighted by Crippen LogP contribution is -2.61. The summed E-state index contributed by atoms with van der Waals surface area (Å²) in [5.74, 6) is -11.2. The normalized spacial score (nSPS) is 14.4. The van der Waals surface area contributed by atoms with Gasteiger partial charge in [-0.3, -0.25) is 62.5 Å². The van der Waals surface area contributed by atoms with Gasteiger partial charge in [0, 0.05) is 61.2 Å². The first-order chi connectivity index (χ1) is 55.4. The predicted molar refractivity (Wildman–Crippen MR) is 443 cm³/mol. The average molecular weight is 1640 g/mol. The largest absolute Gasteiger partial charge is 0.480 e. The zero-order valence-corrected chi connectivity index (χ0v) is 68.3. The highest BCUT2D eigenvalue weighted by molar-refractivity contribution is 7.98. The van der Waals surface area contributed by atoms with Gasteiger partial charge in [-0.2, -0.15) is 11.8 Å². The van der Waals surface area contributed by atoms with E-state index in [1.54, 1.807) is 62.7 Å². The molecule has 0 saturated carbocycles. The Labute approximate surface area is 682 Å². The second-order valence-corrected chi connectivity index (χ2v) is 30.8. The number of rotatable bonds is 59. The van der Waals surface area contributed by atoms with Crippen LogP contribution in [-0.2, 0) is 81.6 Å². The highest BCUT2D eigenvalue weighted by Gasteiger charge is 2.38. The molecule has 30 N–H and O–H groups in total. The molecule has 0 aliphatic rings. The van der Waals surface area contributed by atoms with Crippen LogP contribution in [0.5, 0.6) is 0 Å². The lowest BCUT2D eigenvalue weighted by atomic mass is 9.99. The van der Waals surface area contributed by atoms with Crippen LogP contribution >= 0.6 is 11.8 Å². The molecule has 0 spiro atoms. The molecular weight excluding hydrogens is 1520 g/mol. The molecule has 0 aliphatic heterocycles. The standard InChI is InChI=1S/C78H127N23O14S/c1-46(2)38-60(72(109)94-56(26-13-17-34-81)69(106)100-63(41-49-43-89-53-23-10-9-22-51(49)53)75(112)96-59(77(114)115)27-14-18-35-82)98-76(113)64(42-50-44-87-45-90-50)101-70(107)57(28-19-36-88-78(85)86)93-67(104)54(24-11-15-32-79)95-74(111)62(40-48-20-7-6-8-21-48)99-73(110)61(39-47(3)4)97-68(105)55(25-12-16-33-80)92-71(108)58(31-37-116-5)91-66(103)52(83)29-30-65(84)102/h6-10,20-23,43-47,52,54-64,89H,11-19,24-42,79-83H2,1-5H3,(H2,84,102)(H,87,90)(H,91,103)(H,92,108)(H,93,104)(H,94,109)(H,95,111)(H,96,112)(H,97,105)(H,98,113)(H,99,110)(H,100,106)(H,101,107)(H,114,115)(H4,85,86,88)/t52-,54-,55-,56-,57-,58-,59-,60-,61-,62-,63-,64-/m0/s1. The van der Waals surface area contributed by atoms with Crippen LogP contribution < -0.4 is 104 Å². The number of carbonyl (C=O) groups excluding carboxylic acids is 12. The number of hydrogen-bond acceptors (Lipinski definition) is 21. The summed E-state index contributed by atoms with van der Waals surface area (Å²) in [4.78, 5) is 199. The summed E-state index contributed by atoms with van der Waals surface area (Å²) in [5.41, 5.74) is 48.4. The van der Waals surface area contributed by atoms with Crippen LogP contribution in [0, 0.1) is 11.8 Å². The van der Waals surface area contributed by atoms with Crippen molar-refractivity contribution >= 4 is 105 Å². The third-order valence-electron chi connectivity index (χ3n) is 19.1. The Morgan fingerprint density at radius 1 is 0.440 bits per heavy atom.